The summed E-state index contributed by atoms with van der Waals surface area (Å²) >= 11 is 0. The van der Waals surface area contributed by atoms with Crippen LogP contribution >= 0.6 is 0 Å². The highest BCUT2D eigenvalue weighted by molar-refractivity contribution is 5.95. The number of carbonyl (C=O) groups excluding carboxylic acids is 1. The molecular formula is C19H17F2NO3. The average molecular weight is 345 g/mol. The molecule has 0 spiro atoms. The van der Waals surface area contributed by atoms with Gasteiger partial charge in [0.25, 0.3) is 5.91 Å². The van der Waals surface area contributed by atoms with Crippen molar-refractivity contribution in [3.63, 3.8) is 0 Å². The largest absolute Gasteiger partial charge is 0.486 e. The SMILES string of the molecule is O=C(c1cc(F)ccc1F)N1CCCC1c1ccc2c(c1)OCCO2. The van der Waals surface area contributed by atoms with E-state index in [0.717, 1.165) is 36.6 Å². The molecule has 0 N–H and O–H groups in total. The van der Waals surface area contributed by atoms with Crippen LogP contribution in [0.15, 0.2) is 36.4 Å². The van der Waals surface area contributed by atoms with Crippen LogP contribution in [0.2, 0.25) is 0 Å². The van der Waals surface area contributed by atoms with E-state index in [0.29, 0.717) is 31.3 Å². The van der Waals surface area contributed by atoms with Gasteiger partial charge < -0.3 is 14.4 Å². The predicted octanol–water partition coefficient (Wildman–Crippen LogP) is 3.71. The number of likely N-dealkylation sites (tertiary alicyclic amines) is 1. The number of ether oxygens (including phenoxy) is 2. The molecule has 0 saturated carbocycles. The standard InChI is InChI=1S/C19H17F2NO3/c20-13-4-5-15(21)14(11-13)19(23)22-7-1-2-16(22)12-3-6-17-18(10-12)25-9-8-24-17/h3-6,10-11,16H,1-2,7-9H2. The van der Waals surface area contributed by atoms with Gasteiger partial charge in [-0.15, -0.1) is 0 Å². The summed E-state index contributed by atoms with van der Waals surface area (Å²) in [7, 11) is 0. The summed E-state index contributed by atoms with van der Waals surface area (Å²) in [6.07, 6.45) is 1.57. The third kappa shape index (κ3) is 2.92. The van der Waals surface area contributed by atoms with Crippen LogP contribution in [0.3, 0.4) is 0 Å². The van der Waals surface area contributed by atoms with E-state index < -0.39 is 17.5 Å². The topological polar surface area (TPSA) is 38.8 Å². The van der Waals surface area contributed by atoms with E-state index in [9.17, 15) is 13.6 Å². The molecular weight excluding hydrogens is 328 g/mol. The van der Waals surface area contributed by atoms with Crippen LogP contribution in [-0.2, 0) is 0 Å². The van der Waals surface area contributed by atoms with E-state index in [1.807, 2.05) is 18.2 Å². The Balaban J connectivity index is 1.64. The first-order chi connectivity index (χ1) is 12.1. The quantitative estimate of drug-likeness (QED) is 0.833. The minimum atomic E-state index is -0.709. The van der Waals surface area contributed by atoms with Crippen molar-refractivity contribution in [2.45, 2.75) is 18.9 Å². The minimum absolute atomic E-state index is 0.189. The first-order valence-corrected chi connectivity index (χ1v) is 8.29. The Morgan fingerprint density at radius 1 is 1.04 bits per heavy atom. The van der Waals surface area contributed by atoms with Gasteiger partial charge in [-0.05, 0) is 48.7 Å². The zero-order chi connectivity index (χ0) is 17.4. The van der Waals surface area contributed by atoms with Crippen LogP contribution in [0.4, 0.5) is 8.78 Å². The van der Waals surface area contributed by atoms with E-state index in [1.54, 1.807) is 4.90 Å². The van der Waals surface area contributed by atoms with Crippen molar-refractivity contribution < 1.29 is 23.0 Å². The summed E-state index contributed by atoms with van der Waals surface area (Å²) in [6.45, 7) is 1.51. The zero-order valence-electron chi connectivity index (χ0n) is 13.5. The average Bonchev–Trinajstić information content (AvgIpc) is 3.12. The Bertz CT molecular complexity index is 824. The molecule has 1 fully saturated rings. The summed E-state index contributed by atoms with van der Waals surface area (Å²) in [5, 5.41) is 0. The molecule has 2 aromatic rings. The lowest BCUT2D eigenvalue weighted by atomic mass is 10.0. The van der Waals surface area contributed by atoms with Gasteiger partial charge in [-0.3, -0.25) is 4.79 Å². The van der Waals surface area contributed by atoms with Crippen LogP contribution in [0.1, 0.15) is 34.8 Å². The fourth-order valence-corrected chi connectivity index (χ4v) is 3.44. The fourth-order valence-electron chi connectivity index (χ4n) is 3.44. The highest BCUT2D eigenvalue weighted by atomic mass is 19.1. The molecule has 2 aromatic carbocycles. The Kier molecular flexibility index (Phi) is 4.03. The van der Waals surface area contributed by atoms with Crippen molar-refractivity contribution in [3.8, 4) is 11.5 Å². The third-order valence-corrected chi connectivity index (χ3v) is 4.62. The Hall–Kier alpha value is -2.63. The maximum Gasteiger partial charge on any atom is 0.257 e. The van der Waals surface area contributed by atoms with E-state index >= 15 is 0 Å². The van der Waals surface area contributed by atoms with Crippen LogP contribution in [-0.4, -0.2) is 30.6 Å². The van der Waals surface area contributed by atoms with E-state index in [4.69, 9.17) is 9.47 Å². The number of hydrogen-bond donors (Lipinski definition) is 0. The molecule has 4 nitrogen and oxygen atoms in total. The summed E-state index contributed by atoms with van der Waals surface area (Å²) < 4.78 is 38.5. The third-order valence-electron chi connectivity index (χ3n) is 4.62. The molecule has 0 radical (unpaired) electrons. The molecule has 25 heavy (non-hydrogen) atoms. The molecule has 4 rings (SSSR count). The maximum atomic E-state index is 14.0. The minimum Gasteiger partial charge on any atom is -0.486 e. The number of nitrogens with zero attached hydrogens (tertiary/aromatic N) is 1. The Labute approximate surface area is 144 Å². The van der Waals surface area contributed by atoms with Crippen molar-refractivity contribution in [2.24, 2.45) is 0 Å². The summed E-state index contributed by atoms with van der Waals surface area (Å²) in [6, 6.07) is 8.35. The number of fused-ring (bicyclic) bond motifs is 1. The van der Waals surface area contributed by atoms with Gasteiger partial charge in [0.05, 0.1) is 11.6 Å². The number of halogens is 2. The lowest BCUT2D eigenvalue weighted by Gasteiger charge is -2.27. The Morgan fingerprint density at radius 2 is 1.84 bits per heavy atom. The van der Waals surface area contributed by atoms with Gasteiger partial charge in [0.15, 0.2) is 11.5 Å². The van der Waals surface area contributed by atoms with Crippen LogP contribution in [0.25, 0.3) is 0 Å². The first-order valence-electron chi connectivity index (χ1n) is 8.29. The molecule has 130 valence electrons. The van der Waals surface area contributed by atoms with Gasteiger partial charge >= 0.3 is 0 Å². The van der Waals surface area contributed by atoms with E-state index in [-0.39, 0.29) is 11.6 Å². The van der Waals surface area contributed by atoms with Crippen LogP contribution in [0.5, 0.6) is 11.5 Å². The highest BCUT2D eigenvalue weighted by Gasteiger charge is 2.32. The smallest absolute Gasteiger partial charge is 0.257 e. The number of amides is 1. The Morgan fingerprint density at radius 3 is 2.68 bits per heavy atom. The molecule has 2 aliphatic rings. The molecule has 6 heteroatoms. The van der Waals surface area contributed by atoms with Gasteiger partial charge in [-0.1, -0.05) is 6.07 Å². The van der Waals surface area contributed by atoms with Crippen molar-refractivity contribution in [1.82, 2.24) is 4.90 Å². The second-order valence-electron chi connectivity index (χ2n) is 6.18. The van der Waals surface area contributed by atoms with Gasteiger partial charge in [-0.2, -0.15) is 0 Å². The summed E-state index contributed by atoms with van der Waals surface area (Å²) in [5.41, 5.74) is 0.677. The number of benzene rings is 2. The molecule has 1 saturated heterocycles. The maximum absolute atomic E-state index is 14.0. The number of hydrogen-bond acceptors (Lipinski definition) is 3. The van der Waals surface area contributed by atoms with E-state index in [1.165, 1.54) is 0 Å². The molecule has 2 heterocycles. The second-order valence-corrected chi connectivity index (χ2v) is 6.18. The second kappa shape index (κ2) is 6.35. The normalized spacial score (nSPS) is 19.1. The highest BCUT2D eigenvalue weighted by Crippen LogP contribution is 2.38. The van der Waals surface area contributed by atoms with Gasteiger partial charge in [0, 0.05) is 6.54 Å². The molecule has 2 aliphatic heterocycles. The molecule has 0 bridgehead atoms. The molecule has 1 unspecified atom stereocenters. The molecule has 1 atom stereocenters. The van der Waals surface area contributed by atoms with Crippen LogP contribution < -0.4 is 9.47 Å². The molecule has 0 aromatic heterocycles. The first kappa shape index (κ1) is 15.9. The van der Waals surface area contributed by atoms with Gasteiger partial charge in [0.2, 0.25) is 0 Å². The number of carbonyl (C=O) groups is 1. The predicted molar refractivity (Wildman–Crippen MR) is 86.8 cm³/mol. The van der Waals surface area contributed by atoms with E-state index in [2.05, 4.69) is 0 Å². The number of rotatable bonds is 2. The van der Waals surface area contributed by atoms with Crippen molar-refractivity contribution >= 4 is 5.91 Å². The fraction of sp³-hybridized carbons (Fsp3) is 0.316. The molecule has 0 aliphatic carbocycles. The van der Waals surface area contributed by atoms with Crippen molar-refractivity contribution in [1.29, 1.82) is 0 Å². The van der Waals surface area contributed by atoms with Crippen LogP contribution in [0, 0.1) is 11.6 Å². The monoisotopic (exact) mass is 345 g/mol. The lowest BCUT2D eigenvalue weighted by Crippen LogP contribution is -2.31. The molecule has 1 amide bonds. The zero-order valence-corrected chi connectivity index (χ0v) is 13.5. The van der Waals surface area contributed by atoms with Crippen molar-refractivity contribution in [3.05, 3.63) is 59.2 Å². The lowest BCUT2D eigenvalue weighted by molar-refractivity contribution is 0.0730. The van der Waals surface area contributed by atoms with Gasteiger partial charge in [0.1, 0.15) is 24.8 Å². The van der Waals surface area contributed by atoms with Crippen molar-refractivity contribution in [2.75, 3.05) is 19.8 Å². The summed E-state index contributed by atoms with van der Waals surface area (Å²) in [4.78, 5) is 14.4. The van der Waals surface area contributed by atoms with Gasteiger partial charge in [-0.25, -0.2) is 8.78 Å². The summed E-state index contributed by atoms with van der Waals surface area (Å²) in [5.74, 6) is -0.490.